The van der Waals surface area contributed by atoms with Crippen molar-refractivity contribution in [3.8, 4) is 0 Å². The summed E-state index contributed by atoms with van der Waals surface area (Å²) in [5.74, 6) is -0.559. The Morgan fingerprint density at radius 2 is 1.81 bits per heavy atom. The average Bonchev–Trinajstić information content (AvgIpc) is 3.23. The van der Waals surface area contributed by atoms with Crippen LogP contribution in [0.2, 0.25) is 0 Å². The summed E-state index contributed by atoms with van der Waals surface area (Å²) in [5.41, 5.74) is -1.16. The van der Waals surface area contributed by atoms with Gasteiger partial charge in [-0.1, -0.05) is 62.9 Å². The van der Waals surface area contributed by atoms with Crippen molar-refractivity contribution >= 4 is 42.2 Å². The maximum Gasteiger partial charge on any atom is 0.406 e. The molecule has 2 aromatic rings. The maximum absolute atomic E-state index is 13.8. The van der Waals surface area contributed by atoms with Crippen LogP contribution in [0.4, 0.5) is 0 Å². The molecule has 0 radical (unpaired) electrons. The summed E-state index contributed by atoms with van der Waals surface area (Å²) in [6.07, 6.45) is -3.20. The van der Waals surface area contributed by atoms with Crippen LogP contribution in [0.3, 0.4) is 0 Å². The van der Waals surface area contributed by atoms with Gasteiger partial charge in [-0.15, -0.1) is 11.6 Å². The van der Waals surface area contributed by atoms with Crippen molar-refractivity contribution in [1.82, 2.24) is 14.2 Å². The molecule has 1 aliphatic rings. The van der Waals surface area contributed by atoms with E-state index >= 15 is 0 Å². The van der Waals surface area contributed by atoms with E-state index < -0.39 is 72.4 Å². The van der Waals surface area contributed by atoms with Crippen LogP contribution in [-0.2, 0) is 50.7 Å². The summed E-state index contributed by atoms with van der Waals surface area (Å²) in [7, 11) is -4.29. The third-order valence-electron chi connectivity index (χ3n) is 7.05. The lowest BCUT2D eigenvalue weighted by Gasteiger charge is -2.27. The topological polar surface area (TPSA) is 174 Å². The number of aromatic nitrogens is 2. The monoisotopic (exact) mass is 733 g/mol. The van der Waals surface area contributed by atoms with E-state index in [1.165, 1.54) is 20.0 Å². The Labute approximate surface area is 289 Å². The van der Waals surface area contributed by atoms with Crippen LogP contribution in [0.5, 0.6) is 0 Å². The van der Waals surface area contributed by atoms with Gasteiger partial charge < -0.3 is 19.3 Å². The van der Waals surface area contributed by atoms with Crippen LogP contribution in [0.1, 0.15) is 60.3 Å². The fraction of sp³-hybridized carbons (Fsp3) is 0.613. The van der Waals surface area contributed by atoms with Crippen LogP contribution in [0, 0.1) is 5.41 Å². The fourth-order valence-corrected chi connectivity index (χ4v) is 7.11. The van der Waals surface area contributed by atoms with Crippen LogP contribution >= 0.6 is 31.1 Å². The molecular formula is C31H45ClN3O11PS. The van der Waals surface area contributed by atoms with Gasteiger partial charge in [0.15, 0.2) is 11.3 Å². The van der Waals surface area contributed by atoms with Crippen molar-refractivity contribution < 1.29 is 42.5 Å². The molecule has 3 rings (SSSR count). The van der Waals surface area contributed by atoms with Crippen molar-refractivity contribution in [1.29, 1.82) is 0 Å². The molecule has 0 aliphatic carbocycles. The zero-order valence-electron chi connectivity index (χ0n) is 28.1. The molecule has 1 aromatic carbocycles. The van der Waals surface area contributed by atoms with E-state index in [1.807, 2.05) is 30.3 Å². The SMILES string of the molecule is CC(C)OC(=O)[C@H](C)NP(=O)(OCCSC(=O)C(C)(C)C)OC[C@H]1O[C@@H](n2ccc(=O)n(COCc3ccccc3)c2=O)[C@](C)(Cl)[C@@H]1O. The summed E-state index contributed by atoms with van der Waals surface area (Å²) < 4.78 is 43.7. The smallest absolute Gasteiger partial charge is 0.406 e. The van der Waals surface area contributed by atoms with E-state index in [0.29, 0.717) is 0 Å². The van der Waals surface area contributed by atoms with Gasteiger partial charge in [-0.25, -0.2) is 19.0 Å². The molecule has 1 unspecified atom stereocenters. The molecular weight excluding hydrogens is 689 g/mol. The van der Waals surface area contributed by atoms with Crippen LogP contribution < -0.4 is 16.3 Å². The summed E-state index contributed by atoms with van der Waals surface area (Å²) in [6, 6.07) is 9.23. The lowest BCUT2D eigenvalue weighted by Crippen LogP contribution is -2.46. The first-order valence-electron chi connectivity index (χ1n) is 15.4. The van der Waals surface area contributed by atoms with Gasteiger partial charge in [0.25, 0.3) is 5.56 Å². The van der Waals surface area contributed by atoms with Gasteiger partial charge in [-0.05, 0) is 33.3 Å². The number of hydrogen-bond donors (Lipinski definition) is 2. The lowest BCUT2D eigenvalue weighted by atomic mass is 10.00. The Kier molecular flexibility index (Phi) is 14.3. The Bertz CT molecular complexity index is 1560. The number of thioether (sulfide) groups is 1. The summed E-state index contributed by atoms with van der Waals surface area (Å²) in [6.45, 7) is 10.6. The predicted octanol–water partition coefficient (Wildman–Crippen LogP) is 3.82. The first-order valence-corrected chi connectivity index (χ1v) is 18.3. The van der Waals surface area contributed by atoms with Crippen molar-refractivity contribution in [2.75, 3.05) is 19.0 Å². The van der Waals surface area contributed by atoms with E-state index in [1.54, 1.807) is 34.6 Å². The number of benzene rings is 1. The van der Waals surface area contributed by atoms with Crippen LogP contribution in [-0.4, -0.2) is 73.5 Å². The Hall–Kier alpha value is -2.33. The molecule has 1 fully saturated rings. The quantitative estimate of drug-likeness (QED) is 0.110. The highest BCUT2D eigenvalue weighted by molar-refractivity contribution is 8.13. The zero-order chi connectivity index (χ0) is 35.9. The molecule has 14 nitrogen and oxygen atoms in total. The van der Waals surface area contributed by atoms with Gasteiger partial charge in [-0.2, -0.15) is 0 Å². The molecule has 1 saturated heterocycles. The second-order valence-electron chi connectivity index (χ2n) is 12.7. The van der Waals surface area contributed by atoms with E-state index in [2.05, 4.69) is 5.09 Å². The molecule has 0 bridgehead atoms. The van der Waals surface area contributed by atoms with E-state index in [0.717, 1.165) is 32.5 Å². The number of nitrogens with one attached hydrogen (secondary N) is 1. The van der Waals surface area contributed by atoms with Crippen LogP contribution in [0.25, 0.3) is 0 Å². The van der Waals surface area contributed by atoms with Gasteiger partial charge in [0.2, 0.25) is 0 Å². The van der Waals surface area contributed by atoms with Gasteiger partial charge in [0, 0.05) is 23.4 Å². The molecule has 6 atom stereocenters. The summed E-state index contributed by atoms with van der Waals surface area (Å²) >= 11 is 7.73. The number of nitrogens with zero attached hydrogens (tertiary/aromatic N) is 2. The second kappa shape index (κ2) is 17.1. The number of halogens is 1. The highest BCUT2D eigenvalue weighted by atomic mass is 35.5. The summed E-state index contributed by atoms with van der Waals surface area (Å²) in [4.78, 5) is 49.1. The number of carbonyl (C=O) groups excluding carboxylic acids is 2. The molecule has 0 amide bonds. The van der Waals surface area contributed by atoms with Gasteiger partial charge in [0.05, 0.1) is 25.9 Å². The number of ether oxygens (including phenoxy) is 3. The lowest BCUT2D eigenvalue weighted by molar-refractivity contribution is -0.149. The molecule has 17 heteroatoms. The molecule has 1 aromatic heterocycles. The Morgan fingerprint density at radius 1 is 1.15 bits per heavy atom. The largest absolute Gasteiger partial charge is 0.462 e. The molecule has 2 heterocycles. The van der Waals surface area contributed by atoms with E-state index in [-0.39, 0.29) is 30.8 Å². The minimum atomic E-state index is -4.29. The minimum Gasteiger partial charge on any atom is -0.462 e. The third-order valence-corrected chi connectivity index (χ3v) is 10.4. The van der Waals surface area contributed by atoms with Crippen molar-refractivity contribution in [3.05, 3.63) is 69.0 Å². The predicted molar refractivity (Wildman–Crippen MR) is 181 cm³/mol. The molecule has 0 saturated carbocycles. The normalized spacial score (nSPS) is 23.2. The number of hydrogen-bond acceptors (Lipinski definition) is 12. The number of aliphatic hydroxyl groups excluding tert-OH is 1. The second-order valence-corrected chi connectivity index (χ2v) is 16.4. The molecule has 0 spiro atoms. The average molecular weight is 734 g/mol. The number of carbonyl (C=O) groups is 2. The highest BCUT2D eigenvalue weighted by Gasteiger charge is 2.54. The third kappa shape index (κ3) is 10.8. The van der Waals surface area contributed by atoms with Crippen LogP contribution in [0.15, 0.2) is 52.2 Å². The Morgan fingerprint density at radius 3 is 2.44 bits per heavy atom. The Balaban J connectivity index is 1.75. The standard InChI is InChI=1S/C31H45ClN3O11PS/c1-20(2)45-26(38)21(3)33-47(41,43-15-16-48-28(39)30(4,5)6)44-18-23-25(37)31(7,32)27(46-23)34-14-13-24(36)35(29(34)40)19-42-17-22-11-9-8-10-12-22/h8-14,20-21,23,25,27,37H,15-19H2,1-7H3,(H,33,41)/t21-,23+,25+,27+,31+,47?/m0/s1. The molecule has 48 heavy (non-hydrogen) atoms. The zero-order valence-corrected chi connectivity index (χ0v) is 30.6. The highest BCUT2D eigenvalue weighted by Crippen LogP contribution is 2.48. The van der Waals surface area contributed by atoms with Gasteiger partial charge in [-0.3, -0.25) is 28.0 Å². The van der Waals surface area contributed by atoms with E-state index in [4.69, 9.17) is 34.9 Å². The minimum absolute atomic E-state index is 0.0945. The van der Waals surface area contributed by atoms with Gasteiger partial charge in [0.1, 0.15) is 29.9 Å². The molecule has 2 N–H and O–H groups in total. The van der Waals surface area contributed by atoms with E-state index in [9.17, 15) is 28.8 Å². The number of aliphatic hydroxyl groups is 1. The number of alkyl halides is 1. The first kappa shape index (κ1) is 40.1. The fourth-order valence-electron chi connectivity index (χ4n) is 4.42. The van der Waals surface area contributed by atoms with Crippen molar-refractivity contribution in [3.63, 3.8) is 0 Å². The van der Waals surface area contributed by atoms with Gasteiger partial charge >= 0.3 is 19.4 Å². The summed E-state index contributed by atoms with van der Waals surface area (Å²) in [5, 5.41) is 13.6. The number of esters is 1. The van der Waals surface area contributed by atoms with Crippen molar-refractivity contribution in [2.45, 2.75) is 97.3 Å². The molecule has 268 valence electrons. The molecule has 1 aliphatic heterocycles. The number of rotatable bonds is 16. The first-order chi connectivity index (χ1) is 22.4. The van der Waals surface area contributed by atoms with Crippen molar-refractivity contribution in [2.24, 2.45) is 5.41 Å². The maximum atomic E-state index is 13.8.